The Bertz CT molecular complexity index is 1200. The Morgan fingerprint density at radius 3 is 2.52 bits per heavy atom. The molecule has 0 radical (unpaired) electrons. The summed E-state index contributed by atoms with van der Waals surface area (Å²) in [5, 5.41) is 10.6. The number of benzene rings is 2. The molecule has 0 spiro atoms. The van der Waals surface area contributed by atoms with Crippen LogP contribution in [0.3, 0.4) is 0 Å². The highest BCUT2D eigenvalue weighted by atomic mass is 16.4. The third-order valence-electron chi connectivity index (χ3n) is 6.71. The standard InChI is InChI=1S/C26H29N3O4/c30-20-8-9-23-22(17-20)21-7-4-11-29(25(21)26(32)33-23)24(31)10-12-27-13-15-28(16-14-27)18-19-5-2-1-3-6-19/h1-3,5-6,8-9,17,30H,4,7,10-16,18H2. The number of aromatic hydroxyl groups is 1. The van der Waals surface area contributed by atoms with Crippen molar-refractivity contribution in [1.82, 2.24) is 9.80 Å². The average molecular weight is 448 g/mol. The number of piperazine rings is 1. The highest BCUT2D eigenvalue weighted by molar-refractivity contribution is 5.97. The smallest absolute Gasteiger partial charge is 0.360 e. The zero-order valence-electron chi connectivity index (χ0n) is 18.7. The molecule has 7 nitrogen and oxygen atoms in total. The minimum Gasteiger partial charge on any atom is -0.508 e. The second kappa shape index (κ2) is 9.37. The fraction of sp³-hybridized carbons (Fsp3) is 0.385. The Kier molecular flexibility index (Phi) is 6.15. The van der Waals surface area contributed by atoms with E-state index in [0.717, 1.165) is 44.7 Å². The molecule has 3 aromatic rings. The molecule has 3 heterocycles. The lowest BCUT2D eigenvalue weighted by Gasteiger charge is -2.35. The van der Waals surface area contributed by atoms with Crippen molar-refractivity contribution >= 4 is 22.6 Å². The molecule has 172 valence electrons. The first-order chi connectivity index (χ1) is 16.1. The van der Waals surface area contributed by atoms with E-state index in [9.17, 15) is 14.7 Å². The molecule has 0 atom stereocenters. The van der Waals surface area contributed by atoms with Crippen molar-refractivity contribution < 1.29 is 14.3 Å². The number of phenolic OH excluding ortho intramolecular Hbond substituents is 1. The monoisotopic (exact) mass is 447 g/mol. The van der Waals surface area contributed by atoms with E-state index in [1.807, 2.05) is 6.07 Å². The normalized spacial score (nSPS) is 17.3. The summed E-state index contributed by atoms with van der Waals surface area (Å²) in [4.78, 5) is 32.2. The molecule has 2 aliphatic heterocycles. The minimum absolute atomic E-state index is 0.0468. The lowest BCUT2D eigenvalue weighted by Crippen LogP contribution is -2.47. The first-order valence-electron chi connectivity index (χ1n) is 11.7. The maximum Gasteiger partial charge on any atom is 0.360 e. The van der Waals surface area contributed by atoms with Crippen molar-refractivity contribution in [2.75, 3.05) is 44.2 Å². The number of aryl methyl sites for hydroxylation is 1. The summed E-state index contributed by atoms with van der Waals surface area (Å²) in [5.74, 6) is 0.0721. The number of carbonyl (C=O) groups excluding carboxylic acids is 1. The molecule has 33 heavy (non-hydrogen) atoms. The highest BCUT2D eigenvalue weighted by Gasteiger charge is 2.29. The predicted molar refractivity (Wildman–Crippen MR) is 128 cm³/mol. The van der Waals surface area contributed by atoms with Gasteiger partial charge in [-0.3, -0.25) is 9.69 Å². The zero-order chi connectivity index (χ0) is 22.8. The van der Waals surface area contributed by atoms with Gasteiger partial charge < -0.3 is 19.3 Å². The van der Waals surface area contributed by atoms with Gasteiger partial charge in [-0.1, -0.05) is 30.3 Å². The van der Waals surface area contributed by atoms with Crippen LogP contribution in [0.2, 0.25) is 0 Å². The summed E-state index contributed by atoms with van der Waals surface area (Å²) in [6, 6.07) is 15.2. The number of rotatable bonds is 5. The SMILES string of the molecule is O=C(CCN1CCN(Cc2ccccc2)CC1)N1CCCc2c1c(=O)oc1ccc(O)cc21. The van der Waals surface area contributed by atoms with Gasteiger partial charge in [0, 0.05) is 57.6 Å². The van der Waals surface area contributed by atoms with E-state index in [0.29, 0.717) is 42.6 Å². The van der Waals surface area contributed by atoms with Crippen molar-refractivity contribution in [1.29, 1.82) is 0 Å². The molecule has 1 amide bonds. The first kappa shape index (κ1) is 21.7. The van der Waals surface area contributed by atoms with E-state index in [1.54, 1.807) is 17.0 Å². The van der Waals surface area contributed by atoms with E-state index in [4.69, 9.17) is 4.42 Å². The summed E-state index contributed by atoms with van der Waals surface area (Å²) in [7, 11) is 0. The maximum absolute atomic E-state index is 13.1. The Balaban J connectivity index is 1.22. The van der Waals surface area contributed by atoms with Gasteiger partial charge in [-0.25, -0.2) is 4.79 Å². The lowest BCUT2D eigenvalue weighted by atomic mass is 9.98. The summed E-state index contributed by atoms with van der Waals surface area (Å²) in [5.41, 5.74) is 2.43. The van der Waals surface area contributed by atoms with Gasteiger partial charge in [0.2, 0.25) is 5.91 Å². The van der Waals surface area contributed by atoms with Gasteiger partial charge in [0.25, 0.3) is 0 Å². The van der Waals surface area contributed by atoms with Crippen LogP contribution >= 0.6 is 0 Å². The lowest BCUT2D eigenvalue weighted by molar-refractivity contribution is -0.119. The Morgan fingerprint density at radius 1 is 0.970 bits per heavy atom. The van der Waals surface area contributed by atoms with Gasteiger partial charge in [0.05, 0.1) is 0 Å². The topological polar surface area (TPSA) is 77.2 Å². The van der Waals surface area contributed by atoms with Crippen LogP contribution in [-0.2, 0) is 17.8 Å². The van der Waals surface area contributed by atoms with Crippen LogP contribution in [0.25, 0.3) is 11.0 Å². The van der Waals surface area contributed by atoms with Crippen LogP contribution in [0, 0.1) is 0 Å². The molecule has 2 aliphatic rings. The van der Waals surface area contributed by atoms with Gasteiger partial charge in [0.1, 0.15) is 17.0 Å². The summed E-state index contributed by atoms with van der Waals surface area (Å²) >= 11 is 0. The second-order valence-corrected chi connectivity index (χ2v) is 8.90. The van der Waals surface area contributed by atoms with Gasteiger partial charge in [0.15, 0.2) is 0 Å². The number of fused-ring (bicyclic) bond motifs is 3. The number of phenols is 1. The van der Waals surface area contributed by atoms with E-state index in [2.05, 4.69) is 34.1 Å². The minimum atomic E-state index is -0.481. The zero-order valence-corrected chi connectivity index (χ0v) is 18.7. The van der Waals surface area contributed by atoms with Crippen molar-refractivity contribution in [2.24, 2.45) is 0 Å². The van der Waals surface area contributed by atoms with Crippen molar-refractivity contribution in [2.45, 2.75) is 25.8 Å². The van der Waals surface area contributed by atoms with E-state index >= 15 is 0 Å². The molecule has 0 aliphatic carbocycles. The molecule has 2 aromatic carbocycles. The second-order valence-electron chi connectivity index (χ2n) is 8.90. The van der Waals surface area contributed by atoms with Gasteiger partial charge in [-0.15, -0.1) is 0 Å². The van der Waals surface area contributed by atoms with Crippen LogP contribution in [0.5, 0.6) is 5.75 Å². The van der Waals surface area contributed by atoms with E-state index in [-0.39, 0.29) is 11.7 Å². The predicted octanol–water partition coefficient (Wildman–Crippen LogP) is 2.99. The number of hydrogen-bond acceptors (Lipinski definition) is 6. The third-order valence-corrected chi connectivity index (χ3v) is 6.71. The molecule has 5 rings (SSSR count). The number of carbonyl (C=O) groups is 1. The number of anilines is 1. The highest BCUT2D eigenvalue weighted by Crippen LogP contribution is 2.32. The number of amides is 1. The van der Waals surface area contributed by atoms with Crippen LogP contribution in [0.4, 0.5) is 5.69 Å². The number of hydrogen-bond donors (Lipinski definition) is 1. The quantitative estimate of drug-likeness (QED) is 0.606. The van der Waals surface area contributed by atoms with Crippen molar-refractivity contribution in [3.8, 4) is 5.75 Å². The largest absolute Gasteiger partial charge is 0.508 e. The van der Waals surface area contributed by atoms with E-state index < -0.39 is 5.63 Å². The fourth-order valence-corrected chi connectivity index (χ4v) is 4.94. The number of nitrogens with zero attached hydrogens (tertiary/aromatic N) is 3. The van der Waals surface area contributed by atoms with Gasteiger partial charge in [-0.05, 0) is 42.2 Å². The Morgan fingerprint density at radius 2 is 1.73 bits per heavy atom. The van der Waals surface area contributed by atoms with Crippen LogP contribution in [-0.4, -0.2) is 60.1 Å². The molecule has 1 N–H and O–H groups in total. The van der Waals surface area contributed by atoms with Crippen molar-refractivity contribution in [3.05, 3.63) is 70.1 Å². The Hall–Kier alpha value is -3.16. The molecule has 7 heteroatoms. The van der Waals surface area contributed by atoms with Crippen LogP contribution in [0.1, 0.15) is 24.0 Å². The van der Waals surface area contributed by atoms with Gasteiger partial charge in [-0.2, -0.15) is 0 Å². The fourth-order valence-electron chi connectivity index (χ4n) is 4.94. The maximum atomic E-state index is 13.1. The van der Waals surface area contributed by atoms with Crippen molar-refractivity contribution in [3.63, 3.8) is 0 Å². The summed E-state index contributed by atoms with van der Waals surface area (Å²) in [6.45, 7) is 5.99. The molecule has 1 aromatic heterocycles. The molecule has 1 fully saturated rings. The van der Waals surface area contributed by atoms with Gasteiger partial charge >= 0.3 is 5.63 Å². The molecule has 0 bridgehead atoms. The molecule has 0 saturated carbocycles. The van der Waals surface area contributed by atoms with E-state index in [1.165, 1.54) is 11.6 Å². The average Bonchev–Trinajstić information content (AvgIpc) is 2.84. The van der Waals surface area contributed by atoms with Crippen LogP contribution in [0.15, 0.2) is 57.7 Å². The molecular formula is C26H29N3O4. The molecular weight excluding hydrogens is 418 g/mol. The first-order valence-corrected chi connectivity index (χ1v) is 11.7. The Labute approximate surface area is 192 Å². The van der Waals surface area contributed by atoms with Crippen LogP contribution < -0.4 is 10.5 Å². The molecule has 1 saturated heterocycles. The molecule has 0 unspecified atom stereocenters. The summed E-state index contributed by atoms with van der Waals surface area (Å²) in [6.07, 6.45) is 1.84. The summed E-state index contributed by atoms with van der Waals surface area (Å²) < 4.78 is 5.47. The third kappa shape index (κ3) is 4.65.